The van der Waals surface area contributed by atoms with Gasteiger partial charge in [-0.15, -0.1) is 11.6 Å². The van der Waals surface area contributed by atoms with E-state index < -0.39 is 0 Å². The first kappa shape index (κ1) is 14.0. The molecule has 2 rings (SSSR count). The fourth-order valence-electron chi connectivity index (χ4n) is 2.64. The van der Waals surface area contributed by atoms with Crippen LogP contribution >= 0.6 is 23.2 Å². The van der Waals surface area contributed by atoms with Gasteiger partial charge in [0.2, 0.25) is 0 Å². The monoisotopic (exact) mass is 286 g/mol. The molecule has 0 saturated carbocycles. The summed E-state index contributed by atoms with van der Waals surface area (Å²) in [4.78, 5) is 6.90. The highest BCUT2D eigenvalue weighted by Crippen LogP contribution is 2.30. The second kappa shape index (κ2) is 6.63. The van der Waals surface area contributed by atoms with Crippen molar-refractivity contribution >= 4 is 29.0 Å². The lowest BCUT2D eigenvalue weighted by atomic mass is 10.1. The van der Waals surface area contributed by atoms with Crippen LogP contribution in [0.25, 0.3) is 0 Å². The largest absolute Gasteiger partial charge is 0.352 e. The maximum Gasteiger partial charge on any atom is 0.147 e. The molecule has 0 spiro atoms. The average molecular weight is 287 g/mol. The van der Waals surface area contributed by atoms with E-state index in [1.165, 1.54) is 25.7 Å². The first-order valence-electron chi connectivity index (χ1n) is 6.73. The van der Waals surface area contributed by atoms with Crippen LogP contribution in [-0.4, -0.2) is 17.6 Å². The summed E-state index contributed by atoms with van der Waals surface area (Å²) in [6, 6.07) is 2.51. The van der Waals surface area contributed by atoms with Crippen molar-refractivity contribution in [2.75, 3.05) is 11.4 Å². The molecule has 1 saturated heterocycles. The number of hydrogen-bond donors (Lipinski definition) is 0. The zero-order chi connectivity index (χ0) is 13.0. The Bertz CT molecular complexity index is 395. The van der Waals surface area contributed by atoms with Gasteiger partial charge in [0.15, 0.2) is 0 Å². The predicted octanol–water partition coefficient (Wildman–Crippen LogP) is 4.63. The van der Waals surface area contributed by atoms with Crippen LogP contribution < -0.4 is 4.90 Å². The minimum atomic E-state index is 0.463. The summed E-state index contributed by atoms with van der Waals surface area (Å²) < 4.78 is 0. The van der Waals surface area contributed by atoms with E-state index in [1.807, 2.05) is 12.3 Å². The Hall–Kier alpha value is -0.470. The van der Waals surface area contributed by atoms with Crippen LogP contribution in [0.2, 0.25) is 5.02 Å². The molecule has 1 atom stereocenters. The van der Waals surface area contributed by atoms with Gasteiger partial charge < -0.3 is 4.90 Å². The predicted molar refractivity (Wildman–Crippen MR) is 78.7 cm³/mol. The van der Waals surface area contributed by atoms with Crippen molar-refractivity contribution in [2.45, 2.75) is 50.9 Å². The number of hydrogen-bond acceptors (Lipinski definition) is 2. The van der Waals surface area contributed by atoms with Crippen molar-refractivity contribution < 1.29 is 0 Å². The molecule has 1 aliphatic heterocycles. The molecule has 1 aromatic rings. The molecule has 0 radical (unpaired) electrons. The topological polar surface area (TPSA) is 16.1 Å². The van der Waals surface area contributed by atoms with E-state index in [9.17, 15) is 0 Å². The van der Waals surface area contributed by atoms with Gasteiger partial charge in [0.05, 0.1) is 5.02 Å². The third-order valence-corrected chi connectivity index (χ3v) is 4.24. The van der Waals surface area contributed by atoms with Crippen LogP contribution in [0.15, 0.2) is 12.3 Å². The van der Waals surface area contributed by atoms with E-state index >= 15 is 0 Å². The molecule has 0 amide bonds. The van der Waals surface area contributed by atoms with Crippen LogP contribution in [0.3, 0.4) is 0 Å². The lowest BCUT2D eigenvalue weighted by Crippen LogP contribution is -2.35. The van der Waals surface area contributed by atoms with Gasteiger partial charge in [-0.25, -0.2) is 4.98 Å². The van der Waals surface area contributed by atoms with Gasteiger partial charge in [-0.3, -0.25) is 0 Å². The van der Waals surface area contributed by atoms with Crippen molar-refractivity contribution in [1.29, 1.82) is 0 Å². The number of halogens is 2. The Labute approximate surface area is 119 Å². The van der Waals surface area contributed by atoms with Crippen LogP contribution in [-0.2, 0) is 5.88 Å². The molecular formula is C14H20Cl2N2. The van der Waals surface area contributed by atoms with E-state index in [0.717, 1.165) is 29.4 Å². The van der Waals surface area contributed by atoms with Crippen LogP contribution in [0.4, 0.5) is 5.82 Å². The van der Waals surface area contributed by atoms with E-state index in [0.29, 0.717) is 11.9 Å². The van der Waals surface area contributed by atoms with E-state index in [2.05, 4.69) is 16.8 Å². The molecule has 1 aromatic heterocycles. The maximum atomic E-state index is 6.35. The highest BCUT2D eigenvalue weighted by Gasteiger charge is 2.22. The Morgan fingerprint density at radius 2 is 2.22 bits per heavy atom. The number of aromatic nitrogens is 1. The third-order valence-electron chi connectivity index (χ3n) is 3.65. The van der Waals surface area contributed by atoms with Crippen molar-refractivity contribution in [1.82, 2.24) is 4.98 Å². The maximum absolute atomic E-state index is 6.35. The van der Waals surface area contributed by atoms with Gasteiger partial charge in [0.25, 0.3) is 0 Å². The Morgan fingerprint density at radius 3 is 2.89 bits per heavy atom. The molecule has 100 valence electrons. The van der Waals surface area contributed by atoms with E-state index in [1.54, 1.807) is 0 Å². The van der Waals surface area contributed by atoms with Crippen LogP contribution in [0.1, 0.15) is 44.6 Å². The summed E-state index contributed by atoms with van der Waals surface area (Å²) >= 11 is 12.2. The summed E-state index contributed by atoms with van der Waals surface area (Å²) in [5.41, 5.74) is 0.980. The third kappa shape index (κ3) is 3.10. The number of anilines is 1. The molecule has 1 unspecified atom stereocenters. The number of nitrogens with zero attached hydrogens (tertiary/aromatic N) is 2. The molecule has 1 fully saturated rings. The Kier molecular flexibility index (Phi) is 5.13. The minimum absolute atomic E-state index is 0.463. The first-order chi connectivity index (χ1) is 8.76. The molecule has 2 nitrogen and oxygen atoms in total. The SMILES string of the molecule is CCC1CCCCCN1c1ncc(CCl)cc1Cl. The summed E-state index contributed by atoms with van der Waals surface area (Å²) in [5, 5.41) is 0.730. The first-order valence-corrected chi connectivity index (χ1v) is 7.64. The van der Waals surface area contributed by atoms with E-state index in [4.69, 9.17) is 23.2 Å². The van der Waals surface area contributed by atoms with Crippen LogP contribution in [0, 0.1) is 0 Å². The normalized spacial score (nSPS) is 20.8. The Balaban J connectivity index is 2.27. The highest BCUT2D eigenvalue weighted by atomic mass is 35.5. The van der Waals surface area contributed by atoms with Gasteiger partial charge in [-0.05, 0) is 30.9 Å². The highest BCUT2D eigenvalue weighted by molar-refractivity contribution is 6.33. The molecule has 0 aliphatic carbocycles. The number of pyridine rings is 1. The second-order valence-electron chi connectivity index (χ2n) is 4.89. The Morgan fingerprint density at radius 1 is 1.39 bits per heavy atom. The molecule has 0 N–H and O–H groups in total. The molecule has 4 heteroatoms. The average Bonchev–Trinajstić information content (AvgIpc) is 2.63. The van der Waals surface area contributed by atoms with Gasteiger partial charge in [0.1, 0.15) is 5.82 Å². The molecule has 2 heterocycles. The molecule has 18 heavy (non-hydrogen) atoms. The quantitative estimate of drug-likeness (QED) is 0.753. The summed E-state index contributed by atoms with van der Waals surface area (Å²) in [5.74, 6) is 1.39. The van der Waals surface area contributed by atoms with Crippen LogP contribution in [0.5, 0.6) is 0 Å². The summed E-state index contributed by atoms with van der Waals surface area (Å²) in [6.45, 7) is 3.30. The fraction of sp³-hybridized carbons (Fsp3) is 0.643. The molecule has 1 aliphatic rings. The van der Waals surface area contributed by atoms with Gasteiger partial charge in [0, 0.05) is 24.7 Å². The van der Waals surface area contributed by atoms with Crippen molar-refractivity contribution in [3.8, 4) is 0 Å². The van der Waals surface area contributed by atoms with Crippen molar-refractivity contribution in [3.63, 3.8) is 0 Å². The van der Waals surface area contributed by atoms with Gasteiger partial charge in [-0.1, -0.05) is 31.4 Å². The minimum Gasteiger partial charge on any atom is -0.352 e. The number of rotatable bonds is 3. The second-order valence-corrected chi connectivity index (χ2v) is 5.56. The fourth-order valence-corrected chi connectivity index (χ4v) is 3.08. The van der Waals surface area contributed by atoms with Crippen molar-refractivity contribution in [3.05, 3.63) is 22.8 Å². The standard InChI is InChI=1S/C14H20Cl2N2/c1-2-12-6-4-3-5-7-18(12)14-13(16)8-11(9-15)10-17-14/h8,10,12H,2-7,9H2,1H3. The summed E-state index contributed by atoms with van der Waals surface area (Å²) in [7, 11) is 0. The zero-order valence-corrected chi connectivity index (χ0v) is 12.3. The number of alkyl halides is 1. The molecule has 0 aromatic carbocycles. The molecular weight excluding hydrogens is 267 g/mol. The van der Waals surface area contributed by atoms with Crippen molar-refractivity contribution in [2.24, 2.45) is 0 Å². The van der Waals surface area contributed by atoms with Gasteiger partial charge in [-0.2, -0.15) is 0 Å². The van der Waals surface area contributed by atoms with Gasteiger partial charge >= 0.3 is 0 Å². The lowest BCUT2D eigenvalue weighted by molar-refractivity contribution is 0.552. The lowest BCUT2D eigenvalue weighted by Gasteiger charge is -2.31. The molecule has 0 bridgehead atoms. The zero-order valence-electron chi connectivity index (χ0n) is 10.8. The summed E-state index contributed by atoms with van der Waals surface area (Å²) in [6.07, 6.45) is 8.08. The van der Waals surface area contributed by atoms with E-state index in [-0.39, 0.29) is 0 Å². The smallest absolute Gasteiger partial charge is 0.147 e.